The van der Waals surface area contributed by atoms with Crippen LogP contribution in [0, 0.1) is 0 Å². The van der Waals surface area contributed by atoms with Gasteiger partial charge in [-0.2, -0.15) is 0 Å². The molecule has 0 aliphatic carbocycles. The van der Waals surface area contributed by atoms with Crippen LogP contribution < -0.4 is 14.5 Å². The molecule has 5 aromatic rings. The fraction of sp³-hybridized carbons (Fsp3) is 0.273. The summed E-state index contributed by atoms with van der Waals surface area (Å²) < 4.78 is 20.8. The number of aromatic nitrogens is 3. The average Bonchev–Trinajstić information content (AvgIpc) is 3.71. The first kappa shape index (κ1) is 28.0. The fourth-order valence-corrected chi connectivity index (χ4v) is 6.30. The number of hydrogen-bond donors (Lipinski definition) is 0. The van der Waals surface area contributed by atoms with Crippen LogP contribution in [0.1, 0.15) is 5.56 Å². The Morgan fingerprint density at radius 2 is 1.72 bits per heavy atom. The number of benzene rings is 3. The summed E-state index contributed by atoms with van der Waals surface area (Å²) in [5, 5.41) is 2.20. The largest absolute Gasteiger partial charge is 0.491 e. The van der Waals surface area contributed by atoms with E-state index in [9.17, 15) is 0 Å². The molecule has 0 saturated carbocycles. The summed E-state index contributed by atoms with van der Waals surface area (Å²) in [6.45, 7) is 4.78. The van der Waals surface area contributed by atoms with Crippen molar-refractivity contribution in [3.8, 4) is 5.75 Å². The fourth-order valence-electron chi connectivity index (χ4n) is 5.74. The Hall–Kier alpha value is -3.82. The van der Waals surface area contributed by atoms with Gasteiger partial charge in [-0.15, -0.1) is 0 Å². The maximum absolute atomic E-state index is 6.59. The van der Waals surface area contributed by atoms with Crippen molar-refractivity contribution < 1.29 is 14.2 Å². The van der Waals surface area contributed by atoms with Gasteiger partial charge in [0.2, 0.25) is 5.79 Å². The molecule has 2 fully saturated rings. The molecule has 0 spiro atoms. The van der Waals surface area contributed by atoms with E-state index in [1.165, 1.54) is 11.1 Å². The molecule has 0 radical (unpaired) electrons. The molecule has 2 aliphatic rings. The molecule has 0 amide bonds. The van der Waals surface area contributed by atoms with Gasteiger partial charge in [0.15, 0.2) is 0 Å². The van der Waals surface area contributed by atoms with E-state index in [4.69, 9.17) is 42.4 Å². The number of para-hydroxylation sites is 1. The number of pyridine rings is 1. The number of piperazine rings is 1. The molecule has 0 N–H and O–H groups in total. The van der Waals surface area contributed by atoms with Gasteiger partial charge >= 0.3 is 0 Å². The molecule has 2 atom stereocenters. The topological polar surface area (TPSA) is 64.9 Å². The van der Waals surface area contributed by atoms with Gasteiger partial charge in [0, 0.05) is 60.2 Å². The predicted octanol–water partition coefficient (Wildman–Crippen LogP) is 6.41. The van der Waals surface area contributed by atoms with Gasteiger partial charge in [-0.25, -0.2) is 9.97 Å². The molecule has 7 rings (SSSR count). The molecule has 8 nitrogen and oxygen atoms in total. The van der Waals surface area contributed by atoms with Crippen molar-refractivity contribution in [3.05, 3.63) is 113 Å². The molecule has 2 aromatic heterocycles. The second-order valence-corrected chi connectivity index (χ2v) is 11.6. The molecule has 10 heteroatoms. The Balaban J connectivity index is 0.956. The molecule has 0 bridgehead atoms. The lowest BCUT2D eigenvalue weighted by Crippen LogP contribution is -2.46. The third kappa shape index (κ3) is 6.01. The van der Waals surface area contributed by atoms with Gasteiger partial charge in [-0.05, 0) is 54.6 Å². The summed E-state index contributed by atoms with van der Waals surface area (Å²) in [6.07, 6.45) is 5.03. The molecule has 220 valence electrons. The third-order valence-electron chi connectivity index (χ3n) is 7.98. The predicted molar refractivity (Wildman–Crippen MR) is 169 cm³/mol. The highest BCUT2D eigenvalue weighted by Gasteiger charge is 2.45. The Morgan fingerprint density at radius 1 is 0.907 bits per heavy atom. The standard InChI is InChI=1S/C33H31Cl2N5O3/c34-25-6-11-29(30(35)19-25)33(22-38-14-13-36-23-38)42-21-28(43-33)20-41-27-9-7-26(8-10-27)39-15-17-40(18-16-39)32-12-5-24-3-1-2-4-31(24)37-32/h1-14,19,23,28H,15-18,20-22H2/t28-,33-/m1/s1. The molecule has 2 saturated heterocycles. The van der Waals surface area contributed by atoms with Crippen LogP contribution in [0.15, 0.2) is 97.6 Å². The van der Waals surface area contributed by atoms with Crippen LogP contribution in [0.3, 0.4) is 0 Å². The zero-order valence-corrected chi connectivity index (χ0v) is 25.0. The maximum atomic E-state index is 6.59. The van der Waals surface area contributed by atoms with Crippen LogP contribution >= 0.6 is 23.2 Å². The molecule has 2 aliphatic heterocycles. The van der Waals surface area contributed by atoms with Crippen molar-refractivity contribution in [1.29, 1.82) is 0 Å². The first-order chi connectivity index (χ1) is 21.0. The van der Waals surface area contributed by atoms with Gasteiger partial charge < -0.3 is 28.6 Å². The molecular formula is C33H31Cl2N5O3. The van der Waals surface area contributed by atoms with Crippen LogP contribution in [-0.2, 0) is 21.8 Å². The second-order valence-electron chi connectivity index (χ2n) is 10.8. The summed E-state index contributed by atoms with van der Waals surface area (Å²) in [5.74, 6) is 0.737. The summed E-state index contributed by atoms with van der Waals surface area (Å²) >= 11 is 12.7. The summed E-state index contributed by atoms with van der Waals surface area (Å²) in [5.41, 5.74) is 2.93. The Bertz CT molecular complexity index is 1690. The maximum Gasteiger partial charge on any atom is 0.215 e. The van der Waals surface area contributed by atoms with Crippen molar-refractivity contribution in [2.75, 3.05) is 49.2 Å². The number of rotatable bonds is 8. The number of fused-ring (bicyclic) bond motifs is 1. The van der Waals surface area contributed by atoms with Crippen molar-refractivity contribution >= 4 is 45.6 Å². The highest BCUT2D eigenvalue weighted by molar-refractivity contribution is 6.35. The van der Waals surface area contributed by atoms with Crippen LogP contribution in [-0.4, -0.2) is 60.0 Å². The van der Waals surface area contributed by atoms with Crippen LogP contribution in [0.2, 0.25) is 10.0 Å². The quantitative estimate of drug-likeness (QED) is 0.200. The van der Waals surface area contributed by atoms with Crippen LogP contribution in [0.25, 0.3) is 10.9 Å². The number of hydrogen-bond acceptors (Lipinski definition) is 7. The SMILES string of the molecule is Clc1ccc([C@]2(Cn3ccnc3)OC[C@@H](COc3ccc(N4CCN(c5ccc6ccccc6n5)CC4)cc3)O2)c(Cl)c1. The van der Waals surface area contributed by atoms with E-state index < -0.39 is 5.79 Å². The Kier molecular flexibility index (Phi) is 7.84. The summed E-state index contributed by atoms with van der Waals surface area (Å²) in [4.78, 5) is 13.8. The number of ether oxygens (including phenoxy) is 3. The lowest BCUT2D eigenvalue weighted by Gasteiger charge is -2.36. The van der Waals surface area contributed by atoms with E-state index >= 15 is 0 Å². The van der Waals surface area contributed by atoms with E-state index in [1.54, 1.807) is 24.7 Å². The first-order valence-corrected chi connectivity index (χ1v) is 15.1. The average molecular weight is 617 g/mol. The Labute approximate surface area is 260 Å². The highest BCUT2D eigenvalue weighted by atomic mass is 35.5. The van der Waals surface area contributed by atoms with E-state index in [0.29, 0.717) is 29.8 Å². The smallest absolute Gasteiger partial charge is 0.215 e. The zero-order valence-electron chi connectivity index (χ0n) is 23.5. The first-order valence-electron chi connectivity index (χ1n) is 14.4. The summed E-state index contributed by atoms with van der Waals surface area (Å²) in [7, 11) is 0. The monoisotopic (exact) mass is 615 g/mol. The van der Waals surface area contributed by atoms with Crippen LogP contribution in [0.5, 0.6) is 5.75 Å². The number of anilines is 2. The molecule has 4 heterocycles. The summed E-state index contributed by atoms with van der Waals surface area (Å²) in [6, 6.07) is 26.1. The minimum atomic E-state index is -1.08. The van der Waals surface area contributed by atoms with Gasteiger partial charge in [0.25, 0.3) is 0 Å². The van der Waals surface area contributed by atoms with E-state index in [0.717, 1.165) is 48.8 Å². The number of nitrogens with zero attached hydrogens (tertiary/aromatic N) is 5. The third-order valence-corrected chi connectivity index (χ3v) is 8.52. The van der Waals surface area contributed by atoms with Crippen molar-refractivity contribution in [1.82, 2.24) is 14.5 Å². The van der Waals surface area contributed by atoms with E-state index in [-0.39, 0.29) is 6.10 Å². The highest BCUT2D eigenvalue weighted by Crippen LogP contribution is 2.40. The van der Waals surface area contributed by atoms with Crippen molar-refractivity contribution in [3.63, 3.8) is 0 Å². The molecular weight excluding hydrogens is 585 g/mol. The Morgan fingerprint density at radius 3 is 2.51 bits per heavy atom. The second kappa shape index (κ2) is 12.1. The van der Waals surface area contributed by atoms with Gasteiger partial charge in [-0.3, -0.25) is 0 Å². The number of imidazole rings is 1. The molecule has 0 unspecified atom stereocenters. The normalized spacial score (nSPS) is 20.6. The van der Waals surface area contributed by atoms with Gasteiger partial charge in [0.05, 0.1) is 30.0 Å². The van der Waals surface area contributed by atoms with Gasteiger partial charge in [-0.1, -0.05) is 47.5 Å². The molecule has 43 heavy (non-hydrogen) atoms. The zero-order chi connectivity index (χ0) is 29.2. The lowest BCUT2D eigenvalue weighted by molar-refractivity contribution is -0.189. The lowest BCUT2D eigenvalue weighted by atomic mass is 10.1. The minimum absolute atomic E-state index is 0.285. The van der Waals surface area contributed by atoms with E-state index in [2.05, 4.69) is 51.2 Å². The molecule has 3 aromatic carbocycles. The minimum Gasteiger partial charge on any atom is -0.491 e. The van der Waals surface area contributed by atoms with Crippen molar-refractivity contribution in [2.45, 2.75) is 18.4 Å². The van der Waals surface area contributed by atoms with Gasteiger partial charge in [0.1, 0.15) is 24.3 Å². The van der Waals surface area contributed by atoms with Crippen LogP contribution in [0.4, 0.5) is 11.5 Å². The number of halogens is 2. The van der Waals surface area contributed by atoms with Crippen molar-refractivity contribution in [2.24, 2.45) is 0 Å². The van der Waals surface area contributed by atoms with E-state index in [1.807, 2.05) is 41.1 Å².